The predicted octanol–water partition coefficient (Wildman–Crippen LogP) is 3.14. The van der Waals surface area contributed by atoms with Crippen molar-refractivity contribution in [3.63, 3.8) is 0 Å². The average molecular weight is 240 g/mol. The van der Waals surface area contributed by atoms with Gasteiger partial charge in [-0.2, -0.15) is 4.37 Å². The molecule has 1 aliphatic carbocycles. The molecule has 1 unspecified atom stereocenters. The molecule has 0 saturated heterocycles. The minimum absolute atomic E-state index is 0.393. The maximum atomic E-state index is 5.11. The summed E-state index contributed by atoms with van der Waals surface area (Å²) in [6.45, 7) is 2.21. The molecule has 2 rings (SSSR count). The molecule has 1 saturated carbocycles. The van der Waals surface area contributed by atoms with E-state index in [9.17, 15) is 0 Å². The smallest absolute Gasteiger partial charge is 0.225 e. The first-order chi connectivity index (χ1) is 7.79. The van der Waals surface area contributed by atoms with Crippen molar-refractivity contribution < 1.29 is 4.74 Å². The first-order valence-corrected chi connectivity index (χ1v) is 6.83. The minimum atomic E-state index is 0.393. The fraction of sp³-hybridized carbons (Fsp3) is 0.750. The Bertz CT molecular complexity index is 321. The van der Waals surface area contributed by atoms with Gasteiger partial charge in [-0.1, -0.05) is 19.3 Å². The molecular weight excluding hydrogens is 220 g/mol. The van der Waals surface area contributed by atoms with Crippen LogP contribution in [0.4, 0.5) is 0 Å². The summed E-state index contributed by atoms with van der Waals surface area (Å²) in [7, 11) is 1.66. The molecule has 16 heavy (non-hydrogen) atoms. The standard InChI is InChI=1S/C12H20N2OS/c1-9(11-8-12(15-2)14-16-11)13-10-6-4-3-5-7-10/h8-10,13H,3-7H2,1-2H3. The molecule has 1 atom stereocenters. The Balaban J connectivity index is 1.88. The van der Waals surface area contributed by atoms with Gasteiger partial charge < -0.3 is 10.1 Å². The number of nitrogens with zero attached hydrogens (tertiary/aromatic N) is 1. The van der Waals surface area contributed by atoms with E-state index in [-0.39, 0.29) is 0 Å². The van der Waals surface area contributed by atoms with Crippen LogP contribution in [0.2, 0.25) is 0 Å². The molecule has 1 aromatic heterocycles. The van der Waals surface area contributed by atoms with Crippen molar-refractivity contribution >= 4 is 11.5 Å². The predicted molar refractivity (Wildman–Crippen MR) is 67.1 cm³/mol. The zero-order valence-corrected chi connectivity index (χ0v) is 10.8. The highest BCUT2D eigenvalue weighted by Gasteiger charge is 2.17. The van der Waals surface area contributed by atoms with Crippen LogP contribution in [0.25, 0.3) is 0 Å². The largest absolute Gasteiger partial charge is 0.480 e. The zero-order chi connectivity index (χ0) is 11.4. The van der Waals surface area contributed by atoms with Crippen molar-refractivity contribution in [3.8, 4) is 5.88 Å². The van der Waals surface area contributed by atoms with Crippen LogP contribution < -0.4 is 10.1 Å². The van der Waals surface area contributed by atoms with Crippen molar-refractivity contribution in [2.45, 2.75) is 51.1 Å². The lowest BCUT2D eigenvalue weighted by Gasteiger charge is -2.25. The number of hydrogen-bond acceptors (Lipinski definition) is 4. The summed E-state index contributed by atoms with van der Waals surface area (Å²) in [5.41, 5.74) is 0. The molecule has 0 aromatic carbocycles. The Morgan fingerprint density at radius 3 is 2.81 bits per heavy atom. The third kappa shape index (κ3) is 2.95. The Hall–Kier alpha value is -0.610. The van der Waals surface area contributed by atoms with E-state index in [0.717, 1.165) is 5.88 Å². The van der Waals surface area contributed by atoms with Gasteiger partial charge in [0, 0.05) is 23.0 Å². The first-order valence-electron chi connectivity index (χ1n) is 6.06. The summed E-state index contributed by atoms with van der Waals surface area (Å²) >= 11 is 1.53. The lowest BCUT2D eigenvalue weighted by Crippen LogP contribution is -2.32. The van der Waals surface area contributed by atoms with Gasteiger partial charge in [0.05, 0.1) is 7.11 Å². The van der Waals surface area contributed by atoms with Crippen molar-refractivity contribution in [2.75, 3.05) is 7.11 Å². The monoisotopic (exact) mass is 240 g/mol. The van der Waals surface area contributed by atoms with Gasteiger partial charge in [-0.15, -0.1) is 0 Å². The normalized spacial score (nSPS) is 19.6. The van der Waals surface area contributed by atoms with Gasteiger partial charge in [-0.05, 0) is 31.3 Å². The van der Waals surface area contributed by atoms with Crippen LogP contribution in [0.1, 0.15) is 49.9 Å². The molecule has 4 heteroatoms. The fourth-order valence-corrected chi connectivity index (χ4v) is 2.98. The molecule has 0 radical (unpaired) electrons. The van der Waals surface area contributed by atoms with Gasteiger partial charge in [0.25, 0.3) is 0 Å². The highest BCUT2D eigenvalue weighted by molar-refractivity contribution is 7.06. The van der Waals surface area contributed by atoms with E-state index in [2.05, 4.69) is 16.6 Å². The fourth-order valence-electron chi connectivity index (χ4n) is 2.28. The molecule has 1 aromatic rings. The number of methoxy groups -OCH3 is 1. The van der Waals surface area contributed by atoms with Crippen LogP contribution in [0, 0.1) is 0 Å². The number of hydrogen-bond donors (Lipinski definition) is 1. The Morgan fingerprint density at radius 1 is 1.44 bits per heavy atom. The van der Waals surface area contributed by atoms with Crippen LogP contribution in [-0.4, -0.2) is 17.5 Å². The van der Waals surface area contributed by atoms with E-state index in [1.54, 1.807) is 7.11 Å². The van der Waals surface area contributed by atoms with Gasteiger partial charge in [0.15, 0.2) is 0 Å². The summed E-state index contributed by atoms with van der Waals surface area (Å²) in [4.78, 5) is 1.27. The molecule has 1 heterocycles. The lowest BCUT2D eigenvalue weighted by atomic mass is 9.95. The molecule has 0 bridgehead atoms. The summed E-state index contributed by atoms with van der Waals surface area (Å²) < 4.78 is 9.33. The zero-order valence-electron chi connectivity index (χ0n) is 10.0. The number of ether oxygens (including phenoxy) is 1. The van der Waals surface area contributed by atoms with Gasteiger partial charge in [0.1, 0.15) is 0 Å². The topological polar surface area (TPSA) is 34.1 Å². The highest BCUT2D eigenvalue weighted by atomic mass is 32.1. The Morgan fingerprint density at radius 2 is 2.19 bits per heavy atom. The summed E-state index contributed by atoms with van der Waals surface area (Å²) in [5, 5.41) is 3.69. The van der Waals surface area contributed by atoms with E-state index < -0.39 is 0 Å². The second-order valence-electron chi connectivity index (χ2n) is 4.49. The minimum Gasteiger partial charge on any atom is -0.480 e. The van der Waals surface area contributed by atoms with Crippen molar-refractivity contribution in [2.24, 2.45) is 0 Å². The molecule has 90 valence electrons. The molecule has 1 fully saturated rings. The number of rotatable bonds is 4. The molecule has 1 aliphatic rings. The molecular formula is C12H20N2OS. The van der Waals surface area contributed by atoms with Crippen molar-refractivity contribution in [3.05, 3.63) is 10.9 Å². The van der Waals surface area contributed by atoms with E-state index >= 15 is 0 Å². The van der Waals surface area contributed by atoms with Crippen LogP contribution >= 0.6 is 11.5 Å². The number of aromatic nitrogens is 1. The summed E-state index contributed by atoms with van der Waals surface area (Å²) in [6, 6.07) is 3.12. The second-order valence-corrected chi connectivity index (χ2v) is 5.33. The Labute approximate surface area is 101 Å². The van der Waals surface area contributed by atoms with E-state index in [4.69, 9.17) is 4.74 Å². The molecule has 0 aliphatic heterocycles. The van der Waals surface area contributed by atoms with Crippen LogP contribution in [0.15, 0.2) is 6.07 Å². The second kappa shape index (κ2) is 5.64. The third-order valence-corrected chi connectivity index (χ3v) is 4.19. The lowest BCUT2D eigenvalue weighted by molar-refractivity contribution is 0.348. The first kappa shape index (κ1) is 11.9. The van der Waals surface area contributed by atoms with Crippen LogP contribution in [0.5, 0.6) is 5.88 Å². The average Bonchev–Trinajstić information content (AvgIpc) is 2.79. The Kier molecular flexibility index (Phi) is 4.18. The van der Waals surface area contributed by atoms with Crippen LogP contribution in [-0.2, 0) is 0 Å². The number of nitrogens with one attached hydrogen (secondary N) is 1. The van der Waals surface area contributed by atoms with E-state index in [1.807, 2.05) is 6.07 Å². The SMILES string of the molecule is COc1cc(C(C)NC2CCCCC2)sn1. The van der Waals surface area contributed by atoms with Crippen LogP contribution in [0.3, 0.4) is 0 Å². The van der Waals surface area contributed by atoms with E-state index in [1.165, 1.54) is 48.5 Å². The maximum absolute atomic E-state index is 5.11. The maximum Gasteiger partial charge on any atom is 0.225 e. The van der Waals surface area contributed by atoms with E-state index in [0.29, 0.717) is 12.1 Å². The molecule has 0 spiro atoms. The third-order valence-electron chi connectivity index (χ3n) is 3.23. The van der Waals surface area contributed by atoms with Gasteiger partial charge in [-0.25, -0.2) is 0 Å². The molecule has 3 nitrogen and oxygen atoms in total. The quantitative estimate of drug-likeness (QED) is 0.878. The summed E-state index contributed by atoms with van der Waals surface area (Å²) in [5.74, 6) is 0.734. The molecule has 1 N–H and O–H groups in total. The van der Waals surface area contributed by atoms with Crippen molar-refractivity contribution in [1.29, 1.82) is 0 Å². The van der Waals surface area contributed by atoms with Gasteiger partial charge in [-0.3, -0.25) is 0 Å². The summed E-state index contributed by atoms with van der Waals surface area (Å²) in [6.07, 6.45) is 6.79. The highest BCUT2D eigenvalue weighted by Crippen LogP contribution is 2.25. The van der Waals surface area contributed by atoms with Crippen molar-refractivity contribution in [1.82, 2.24) is 9.69 Å². The van der Waals surface area contributed by atoms with Gasteiger partial charge in [0.2, 0.25) is 5.88 Å². The van der Waals surface area contributed by atoms with Gasteiger partial charge >= 0.3 is 0 Å². The molecule has 0 amide bonds.